The molecule has 2 aromatic rings. The molecule has 1 aliphatic heterocycles. The molecule has 0 saturated carbocycles. The van der Waals surface area contributed by atoms with Gasteiger partial charge in [0.15, 0.2) is 5.78 Å². The normalized spacial score (nSPS) is 22.0. The molecule has 3 nitrogen and oxygen atoms in total. The standard InChI is InChI=1S/C20H23NO2/c1-16-20(18-10-6-3-7-11-18)23-15-14-21(16)13-12-19(22)17-8-4-2-5-9-17/h2-11,16,20H,12-15H2,1H3. The van der Waals surface area contributed by atoms with Gasteiger partial charge in [-0.2, -0.15) is 0 Å². The van der Waals surface area contributed by atoms with Gasteiger partial charge in [0.25, 0.3) is 0 Å². The number of carbonyl (C=O) groups excluding carboxylic acids is 1. The van der Waals surface area contributed by atoms with E-state index >= 15 is 0 Å². The zero-order valence-corrected chi connectivity index (χ0v) is 13.5. The minimum Gasteiger partial charge on any atom is -0.371 e. The third-order valence-electron chi connectivity index (χ3n) is 4.54. The maximum atomic E-state index is 12.3. The molecule has 120 valence electrons. The second-order valence-corrected chi connectivity index (χ2v) is 6.02. The predicted molar refractivity (Wildman–Crippen MR) is 91.6 cm³/mol. The fourth-order valence-corrected chi connectivity index (χ4v) is 3.18. The number of ketones is 1. The molecule has 3 rings (SSSR count). The summed E-state index contributed by atoms with van der Waals surface area (Å²) in [6, 6.07) is 20.1. The van der Waals surface area contributed by atoms with Crippen molar-refractivity contribution in [2.75, 3.05) is 19.7 Å². The first-order valence-electron chi connectivity index (χ1n) is 8.24. The minimum absolute atomic E-state index is 0.0803. The average Bonchev–Trinajstić information content (AvgIpc) is 2.62. The van der Waals surface area contributed by atoms with Crippen molar-refractivity contribution < 1.29 is 9.53 Å². The first-order chi connectivity index (χ1) is 11.3. The van der Waals surface area contributed by atoms with Crippen molar-refractivity contribution in [2.45, 2.75) is 25.5 Å². The molecule has 3 heteroatoms. The highest BCUT2D eigenvalue weighted by Gasteiger charge is 2.29. The number of nitrogens with zero attached hydrogens (tertiary/aromatic N) is 1. The molecule has 1 fully saturated rings. The maximum Gasteiger partial charge on any atom is 0.164 e. The van der Waals surface area contributed by atoms with Crippen molar-refractivity contribution in [3.8, 4) is 0 Å². The lowest BCUT2D eigenvalue weighted by molar-refractivity contribution is -0.0665. The van der Waals surface area contributed by atoms with E-state index < -0.39 is 0 Å². The second kappa shape index (κ2) is 7.53. The predicted octanol–water partition coefficient (Wildman–Crippen LogP) is 3.72. The minimum atomic E-state index is 0.0803. The molecular weight excluding hydrogens is 286 g/mol. The maximum absolute atomic E-state index is 12.3. The van der Waals surface area contributed by atoms with Crippen LogP contribution in [0.2, 0.25) is 0 Å². The van der Waals surface area contributed by atoms with Gasteiger partial charge in [0, 0.05) is 31.1 Å². The van der Waals surface area contributed by atoms with Crippen LogP contribution >= 0.6 is 0 Å². The average molecular weight is 309 g/mol. The number of hydrogen-bond donors (Lipinski definition) is 0. The zero-order valence-electron chi connectivity index (χ0n) is 13.5. The molecule has 2 atom stereocenters. The van der Waals surface area contributed by atoms with Crippen molar-refractivity contribution in [3.63, 3.8) is 0 Å². The van der Waals surface area contributed by atoms with Crippen LogP contribution in [0.1, 0.15) is 35.4 Å². The summed E-state index contributed by atoms with van der Waals surface area (Å²) in [5.74, 6) is 0.209. The first kappa shape index (κ1) is 15.9. The van der Waals surface area contributed by atoms with Crippen molar-refractivity contribution in [2.24, 2.45) is 0 Å². The second-order valence-electron chi connectivity index (χ2n) is 6.02. The molecule has 0 radical (unpaired) electrons. The van der Waals surface area contributed by atoms with Crippen LogP contribution in [0.5, 0.6) is 0 Å². The summed E-state index contributed by atoms with van der Waals surface area (Å²) in [4.78, 5) is 14.7. The van der Waals surface area contributed by atoms with Crippen LogP contribution in [-0.2, 0) is 4.74 Å². The first-order valence-corrected chi connectivity index (χ1v) is 8.24. The van der Waals surface area contributed by atoms with Gasteiger partial charge in [-0.1, -0.05) is 60.7 Å². The lowest BCUT2D eigenvalue weighted by Crippen LogP contribution is -2.46. The van der Waals surface area contributed by atoms with Crippen LogP contribution in [0, 0.1) is 0 Å². The van der Waals surface area contributed by atoms with Gasteiger partial charge in [0.2, 0.25) is 0 Å². The molecule has 0 amide bonds. The van der Waals surface area contributed by atoms with Gasteiger partial charge in [-0.25, -0.2) is 0 Å². The Hall–Kier alpha value is -1.97. The molecular formula is C20H23NO2. The fourth-order valence-electron chi connectivity index (χ4n) is 3.18. The SMILES string of the molecule is CC1C(c2ccccc2)OCCN1CCC(=O)c1ccccc1. The lowest BCUT2D eigenvalue weighted by atomic mass is 10.00. The van der Waals surface area contributed by atoms with Crippen LogP contribution in [0.4, 0.5) is 0 Å². The Bertz CT molecular complexity index is 627. The Morgan fingerprint density at radius 1 is 1.09 bits per heavy atom. The number of carbonyl (C=O) groups is 1. The Kier molecular flexibility index (Phi) is 5.21. The van der Waals surface area contributed by atoms with E-state index in [0.29, 0.717) is 13.0 Å². The highest BCUT2D eigenvalue weighted by Crippen LogP contribution is 2.28. The van der Waals surface area contributed by atoms with E-state index in [1.54, 1.807) is 0 Å². The summed E-state index contributed by atoms with van der Waals surface area (Å²) in [5.41, 5.74) is 2.01. The number of ether oxygens (including phenoxy) is 1. The Labute approximate surface area is 137 Å². The quantitative estimate of drug-likeness (QED) is 0.788. The molecule has 0 N–H and O–H groups in total. The van der Waals surface area contributed by atoms with E-state index in [9.17, 15) is 4.79 Å². The van der Waals surface area contributed by atoms with E-state index in [-0.39, 0.29) is 17.9 Å². The number of benzene rings is 2. The van der Waals surface area contributed by atoms with Crippen LogP contribution in [0.3, 0.4) is 0 Å². The summed E-state index contributed by atoms with van der Waals surface area (Å²) in [7, 11) is 0. The third kappa shape index (κ3) is 3.87. The van der Waals surface area contributed by atoms with Gasteiger partial charge in [-0.15, -0.1) is 0 Å². The molecule has 2 aromatic carbocycles. The summed E-state index contributed by atoms with van der Waals surface area (Å²) in [5, 5.41) is 0. The molecule has 2 unspecified atom stereocenters. The van der Waals surface area contributed by atoms with E-state index in [4.69, 9.17) is 4.74 Å². The number of hydrogen-bond acceptors (Lipinski definition) is 3. The van der Waals surface area contributed by atoms with E-state index in [0.717, 1.165) is 18.7 Å². The van der Waals surface area contributed by atoms with Crippen LogP contribution in [0.15, 0.2) is 60.7 Å². The molecule has 0 aromatic heterocycles. The van der Waals surface area contributed by atoms with Gasteiger partial charge in [-0.05, 0) is 12.5 Å². The topological polar surface area (TPSA) is 29.5 Å². The van der Waals surface area contributed by atoms with E-state index in [1.807, 2.05) is 48.5 Å². The van der Waals surface area contributed by atoms with Crippen LogP contribution < -0.4 is 0 Å². The van der Waals surface area contributed by atoms with Crippen molar-refractivity contribution in [1.29, 1.82) is 0 Å². The summed E-state index contributed by atoms with van der Waals surface area (Å²) in [6.45, 7) is 4.56. The Balaban J connectivity index is 1.61. The monoisotopic (exact) mass is 309 g/mol. The Morgan fingerprint density at radius 3 is 2.43 bits per heavy atom. The molecule has 0 bridgehead atoms. The third-order valence-corrected chi connectivity index (χ3v) is 4.54. The molecule has 1 heterocycles. The van der Waals surface area contributed by atoms with Crippen molar-refractivity contribution in [1.82, 2.24) is 4.90 Å². The van der Waals surface area contributed by atoms with Crippen LogP contribution in [0.25, 0.3) is 0 Å². The zero-order chi connectivity index (χ0) is 16.1. The number of rotatable bonds is 5. The van der Waals surface area contributed by atoms with Gasteiger partial charge in [0.1, 0.15) is 0 Å². The van der Waals surface area contributed by atoms with Gasteiger partial charge >= 0.3 is 0 Å². The molecule has 0 spiro atoms. The van der Waals surface area contributed by atoms with Gasteiger partial charge in [-0.3, -0.25) is 9.69 Å². The van der Waals surface area contributed by atoms with E-state index in [1.165, 1.54) is 5.56 Å². The summed E-state index contributed by atoms with van der Waals surface area (Å²) < 4.78 is 5.97. The van der Waals surface area contributed by atoms with Gasteiger partial charge in [0.05, 0.1) is 12.7 Å². The number of morpholine rings is 1. The molecule has 23 heavy (non-hydrogen) atoms. The molecule has 1 aliphatic rings. The molecule has 0 aliphatic carbocycles. The van der Waals surface area contributed by atoms with Crippen molar-refractivity contribution in [3.05, 3.63) is 71.8 Å². The van der Waals surface area contributed by atoms with E-state index in [2.05, 4.69) is 24.0 Å². The fraction of sp³-hybridized carbons (Fsp3) is 0.350. The lowest BCUT2D eigenvalue weighted by Gasteiger charge is -2.39. The smallest absolute Gasteiger partial charge is 0.164 e. The Morgan fingerprint density at radius 2 is 1.74 bits per heavy atom. The number of Topliss-reactive ketones (excluding diaryl/α,β-unsaturated/α-hetero) is 1. The highest BCUT2D eigenvalue weighted by atomic mass is 16.5. The van der Waals surface area contributed by atoms with Gasteiger partial charge < -0.3 is 4.74 Å². The largest absolute Gasteiger partial charge is 0.371 e. The van der Waals surface area contributed by atoms with Crippen molar-refractivity contribution >= 4 is 5.78 Å². The highest BCUT2D eigenvalue weighted by molar-refractivity contribution is 5.96. The summed E-state index contributed by atoms with van der Waals surface area (Å²) in [6.07, 6.45) is 0.632. The van der Waals surface area contributed by atoms with Crippen LogP contribution in [-0.4, -0.2) is 36.4 Å². The molecule has 1 saturated heterocycles. The summed E-state index contributed by atoms with van der Waals surface area (Å²) >= 11 is 0.